The van der Waals surface area contributed by atoms with Crippen molar-refractivity contribution in [2.45, 2.75) is 6.42 Å². The maximum Gasteiger partial charge on any atom is 0.505 e. The number of anilines is 2. The fourth-order valence-corrected chi connectivity index (χ4v) is 3.72. The summed E-state index contributed by atoms with van der Waals surface area (Å²) >= 11 is 1.62. The number of hydrogen-bond acceptors (Lipinski definition) is 4. The third-order valence-corrected chi connectivity index (χ3v) is 5.41. The standard InChI is InChI=1S/C19H17N2O3PS/c20-16-7-6-14(18-5-2-10-26-18)12-17(16)21-19(22)15-4-1-3-13(11-15)8-9-25(23)24/h1-7,10-12H,8-9,20H2,(H-,21,22,23,24)/p+1. The number of carbonyl (C=O) groups excluding carboxylic acids is 1. The molecule has 1 unspecified atom stereocenters. The Morgan fingerprint density at radius 2 is 2.00 bits per heavy atom. The van der Waals surface area contributed by atoms with Gasteiger partial charge in [-0.25, -0.2) is 0 Å². The van der Waals surface area contributed by atoms with Crippen LogP contribution in [-0.4, -0.2) is 17.0 Å². The van der Waals surface area contributed by atoms with E-state index in [1.807, 2.05) is 35.7 Å². The van der Waals surface area contributed by atoms with Gasteiger partial charge < -0.3 is 11.1 Å². The van der Waals surface area contributed by atoms with Crippen molar-refractivity contribution in [2.75, 3.05) is 17.2 Å². The molecule has 3 rings (SSSR count). The molecule has 0 aliphatic heterocycles. The largest absolute Gasteiger partial charge is 0.505 e. The summed E-state index contributed by atoms with van der Waals surface area (Å²) < 4.78 is 10.9. The predicted octanol–water partition coefficient (Wildman–Crippen LogP) is 4.53. The van der Waals surface area contributed by atoms with Gasteiger partial charge in [0.1, 0.15) is 0 Å². The van der Waals surface area contributed by atoms with E-state index in [0.29, 0.717) is 23.4 Å². The van der Waals surface area contributed by atoms with Crippen LogP contribution in [0.25, 0.3) is 10.4 Å². The molecule has 5 nitrogen and oxygen atoms in total. The summed E-state index contributed by atoms with van der Waals surface area (Å²) in [5.74, 6) is -0.268. The van der Waals surface area contributed by atoms with E-state index < -0.39 is 8.03 Å². The monoisotopic (exact) mass is 385 g/mol. The second-order valence-corrected chi connectivity index (χ2v) is 7.86. The van der Waals surface area contributed by atoms with Crippen LogP contribution in [0, 0.1) is 0 Å². The molecule has 4 N–H and O–H groups in total. The molecule has 26 heavy (non-hydrogen) atoms. The average Bonchev–Trinajstić information content (AvgIpc) is 3.16. The fraction of sp³-hybridized carbons (Fsp3) is 0.105. The van der Waals surface area contributed by atoms with Crippen molar-refractivity contribution in [3.63, 3.8) is 0 Å². The summed E-state index contributed by atoms with van der Waals surface area (Å²) in [5.41, 5.74) is 9.38. The number of nitrogen functional groups attached to an aromatic ring is 1. The number of thiophene rings is 1. The first-order valence-electron chi connectivity index (χ1n) is 8.00. The first-order chi connectivity index (χ1) is 12.5. The van der Waals surface area contributed by atoms with Gasteiger partial charge >= 0.3 is 8.03 Å². The van der Waals surface area contributed by atoms with E-state index in [1.165, 1.54) is 0 Å². The summed E-state index contributed by atoms with van der Waals surface area (Å²) in [4.78, 5) is 22.6. The number of amides is 1. The Bertz CT molecular complexity index is 942. The second-order valence-electron chi connectivity index (χ2n) is 5.76. The van der Waals surface area contributed by atoms with Gasteiger partial charge in [0.05, 0.1) is 11.4 Å². The van der Waals surface area contributed by atoms with Crippen molar-refractivity contribution < 1.29 is 14.3 Å². The summed E-state index contributed by atoms with van der Waals surface area (Å²) in [7, 11) is -2.18. The molecule has 7 heteroatoms. The summed E-state index contributed by atoms with van der Waals surface area (Å²) in [5, 5.41) is 4.85. The molecule has 0 spiro atoms. The zero-order chi connectivity index (χ0) is 18.5. The van der Waals surface area contributed by atoms with Gasteiger partial charge in [-0.1, -0.05) is 24.3 Å². The number of benzene rings is 2. The lowest BCUT2D eigenvalue weighted by Crippen LogP contribution is -2.13. The molecular formula is C19H18N2O3PS+. The number of nitrogens with two attached hydrogens (primary N) is 1. The molecule has 1 amide bonds. The van der Waals surface area contributed by atoms with Crippen molar-refractivity contribution in [3.05, 3.63) is 71.1 Å². The second kappa shape index (κ2) is 8.23. The summed E-state index contributed by atoms with van der Waals surface area (Å²) in [6.45, 7) is 0. The van der Waals surface area contributed by atoms with Crippen LogP contribution in [0.1, 0.15) is 15.9 Å². The van der Waals surface area contributed by atoms with Gasteiger partial charge in [-0.3, -0.25) is 4.79 Å². The first kappa shape index (κ1) is 18.3. The fourth-order valence-electron chi connectivity index (χ4n) is 2.55. The Balaban J connectivity index is 1.79. The van der Waals surface area contributed by atoms with E-state index in [-0.39, 0.29) is 12.1 Å². The zero-order valence-electron chi connectivity index (χ0n) is 13.9. The predicted molar refractivity (Wildman–Crippen MR) is 107 cm³/mol. The van der Waals surface area contributed by atoms with Crippen LogP contribution in [0.4, 0.5) is 11.4 Å². The number of carbonyl (C=O) groups is 1. The van der Waals surface area contributed by atoms with Gasteiger partial charge in [-0.15, -0.1) is 11.3 Å². The summed E-state index contributed by atoms with van der Waals surface area (Å²) in [6.07, 6.45) is 0.624. The van der Waals surface area contributed by atoms with Crippen LogP contribution in [0.5, 0.6) is 0 Å². The Hall–Kier alpha value is -2.53. The van der Waals surface area contributed by atoms with Crippen LogP contribution < -0.4 is 11.1 Å². The van der Waals surface area contributed by atoms with Crippen molar-refractivity contribution >= 4 is 36.6 Å². The van der Waals surface area contributed by atoms with Crippen LogP contribution in [0.3, 0.4) is 0 Å². The maximum absolute atomic E-state index is 12.6. The minimum atomic E-state index is -2.18. The molecular weight excluding hydrogens is 367 g/mol. The van der Waals surface area contributed by atoms with Crippen molar-refractivity contribution in [1.82, 2.24) is 0 Å². The molecule has 1 atom stereocenters. The minimum absolute atomic E-state index is 0.177. The zero-order valence-corrected chi connectivity index (χ0v) is 15.6. The van der Waals surface area contributed by atoms with E-state index in [1.54, 1.807) is 35.6 Å². The Labute approximate surface area is 156 Å². The molecule has 0 fully saturated rings. The maximum atomic E-state index is 12.6. The Kier molecular flexibility index (Phi) is 5.78. The number of aryl methyl sites for hydroxylation is 1. The molecule has 3 aromatic rings. The van der Waals surface area contributed by atoms with Crippen LogP contribution in [0.15, 0.2) is 60.0 Å². The van der Waals surface area contributed by atoms with Gasteiger partial charge in [0, 0.05) is 16.9 Å². The molecule has 2 aromatic carbocycles. The van der Waals surface area contributed by atoms with Crippen molar-refractivity contribution in [1.29, 1.82) is 0 Å². The molecule has 0 aliphatic rings. The normalized spacial score (nSPS) is 11.2. The molecule has 0 aliphatic carbocycles. The highest BCUT2D eigenvalue weighted by Crippen LogP contribution is 2.30. The quantitative estimate of drug-likeness (QED) is 0.429. The van der Waals surface area contributed by atoms with Crippen LogP contribution >= 0.6 is 19.4 Å². The lowest BCUT2D eigenvalue weighted by molar-refractivity contribution is 0.102. The van der Waals surface area contributed by atoms with Gasteiger partial charge in [0.25, 0.3) is 5.91 Å². The molecule has 1 heterocycles. The van der Waals surface area contributed by atoms with Gasteiger partial charge in [-0.05, 0) is 51.4 Å². The lowest BCUT2D eigenvalue weighted by atomic mass is 10.1. The van der Waals surface area contributed by atoms with E-state index in [4.69, 9.17) is 10.6 Å². The number of hydrogen-bond donors (Lipinski definition) is 3. The van der Waals surface area contributed by atoms with Gasteiger partial charge in [-0.2, -0.15) is 4.89 Å². The molecule has 0 saturated heterocycles. The van der Waals surface area contributed by atoms with E-state index in [9.17, 15) is 9.36 Å². The minimum Gasteiger partial charge on any atom is -0.397 e. The Morgan fingerprint density at radius 3 is 2.73 bits per heavy atom. The third kappa shape index (κ3) is 4.55. The van der Waals surface area contributed by atoms with Crippen molar-refractivity contribution in [3.8, 4) is 10.4 Å². The molecule has 0 bridgehead atoms. The molecule has 0 radical (unpaired) electrons. The summed E-state index contributed by atoms with van der Waals surface area (Å²) in [6, 6.07) is 16.6. The molecule has 1 aromatic heterocycles. The van der Waals surface area contributed by atoms with Crippen LogP contribution in [0.2, 0.25) is 0 Å². The third-order valence-electron chi connectivity index (χ3n) is 3.89. The van der Waals surface area contributed by atoms with Gasteiger partial charge in [0.2, 0.25) is 0 Å². The highest BCUT2D eigenvalue weighted by Gasteiger charge is 2.13. The molecule has 0 saturated carbocycles. The van der Waals surface area contributed by atoms with E-state index in [2.05, 4.69) is 5.32 Å². The smallest absolute Gasteiger partial charge is 0.397 e. The topological polar surface area (TPSA) is 92.4 Å². The SMILES string of the molecule is Nc1ccc(-c2cccs2)cc1NC(=O)c1cccc(CC[P+](=O)O)c1. The average molecular weight is 385 g/mol. The number of rotatable bonds is 6. The lowest BCUT2D eigenvalue weighted by Gasteiger charge is -2.10. The van der Waals surface area contributed by atoms with Crippen LogP contribution in [-0.2, 0) is 11.0 Å². The highest BCUT2D eigenvalue weighted by molar-refractivity contribution is 7.37. The van der Waals surface area contributed by atoms with Crippen molar-refractivity contribution in [2.24, 2.45) is 0 Å². The van der Waals surface area contributed by atoms with E-state index >= 15 is 0 Å². The highest BCUT2D eigenvalue weighted by atomic mass is 32.1. The Morgan fingerprint density at radius 1 is 1.15 bits per heavy atom. The van der Waals surface area contributed by atoms with Gasteiger partial charge in [0.15, 0.2) is 6.16 Å². The first-order valence-corrected chi connectivity index (χ1v) is 10.3. The number of nitrogens with one attached hydrogen (secondary N) is 1. The molecule has 132 valence electrons. The van der Waals surface area contributed by atoms with E-state index in [0.717, 1.165) is 16.0 Å².